The molecule has 230 valence electrons. The van der Waals surface area contributed by atoms with E-state index in [1.807, 2.05) is 17.0 Å². The molecule has 5 rings (SSSR count). The van der Waals surface area contributed by atoms with Gasteiger partial charge in [0, 0.05) is 31.7 Å². The summed E-state index contributed by atoms with van der Waals surface area (Å²) in [6, 6.07) is 3.88. The molecule has 1 amide bonds. The molecule has 2 aliphatic heterocycles. The number of thiazole rings is 1. The first kappa shape index (κ1) is 30.1. The Labute approximate surface area is 254 Å². The number of aromatic nitrogens is 3. The van der Waals surface area contributed by atoms with E-state index < -0.39 is 5.97 Å². The number of methoxy groups -OCH3 is 3. The number of carbonyl (C=O) groups is 2. The van der Waals surface area contributed by atoms with E-state index in [-0.39, 0.29) is 19.1 Å². The van der Waals surface area contributed by atoms with Crippen molar-refractivity contribution >= 4 is 45.9 Å². The van der Waals surface area contributed by atoms with Crippen LogP contribution in [-0.2, 0) is 22.5 Å². The Morgan fingerprint density at radius 2 is 1.79 bits per heavy atom. The van der Waals surface area contributed by atoms with Gasteiger partial charge in [-0.05, 0) is 50.8 Å². The van der Waals surface area contributed by atoms with Gasteiger partial charge in [0.1, 0.15) is 16.5 Å². The highest BCUT2D eigenvalue weighted by molar-refractivity contribution is 7.17. The topological polar surface area (TPSA) is 140 Å². The Balaban J connectivity index is 1.56. The Morgan fingerprint density at radius 1 is 1.05 bits per heavy atom. The van der Waals surface area contributed by atoms with Crippen LogP contribution >= 0.6 is 11.3 Å². The average molecular weight is 612 g/mol. The molecular weight excluding hydrogens is 574 g/mol. The van der Waals surface area contributed by atoms with Crippen molar-refractivity contribution in [2.75, 3.05) is 69.2 Å². The molecule has 0 aliphatic carbocycles. The van der Waals surface area contributed by atoms with E-state index in [1.54, 1.807) is 35.2 Å². The van der Waals surface area contributed by atoms with Crippen molar-refractivity contribution in [2.24, 2.45) is 0 Å². The number of hydrogen-bond acceptors (Lipinski definition) is 13. The lowest BCUT2D eigenvalue weighted by atomic mass is 10.1. The van der Waals surface area contributed by atoms with Crippen molar-refractivity contribution in [1.29, 1.82) is 0 Å². The second kappa shape index (κ2) is 13.3. The fourth-order valence-electron chi connectivity index (χ4n) is 5.33. The van der Waals surface area contributed by atoms with E-state index in [1.165, 1.54) is 11.3 Å². The number of rotatable bonds is 10. The van der Waals surface area contributed by atoms with E-state index in [0.717, 1.165) is 48.6 Å². The van der Waals surface area contributed by atoms with E-state index in [9.17, 15) is 9.59 Å². The molecule has 14 heteroatoms. The molecule has 1 fully saturated rings. The van der Waals surface area contributed by atoms with E-state index in [2.05, 4.69) is 20.5 Å². The van der Waals surface area contributed by atoms with E-state index in [4.69, 9.17) is 28.9 Å². The number of carbonyl (C=O) groups excluding carboxylic acids is 2. The number of anilines is 4. The molecule has 43 heavy (non-hydrogen) atoms. The third-order valence-corrected chi connectivity index (χ3v) is 8.33. The van der Waals surface area contributed by atoms with Crippen molar-refractivity contribution in [3.8, 4) is 17.2 Å². The average Bonchev–Trinajstić information content (AvgIpc) is 3.25. The maximum absolute atomic E-state index is 12.4. The molecule has 1 aromatic carbocycles. The van der Waals surface area contributed by atoms with Gasteiger partial charge in [0.25, 0.3) is 0 Å². The molecule has 2 N–H and O–H groups in total. The zero-order chi connectivity index (χ0) is 30.5. The summed E-state index contributed by atoms with van der Waals surface area (Å²) >= 11 is 1.19. The van der Waals surface area contributed by atoms with Crippen LogP contribution < -0.4 is 34.6 Å². The molecule has 2 aromatic heterocycles. The monoisotopic (exact) mass is 611 g/mol. The Hall–Kier alpha value is -4.33. The van der Waals surface area contributed by atoms with Gasteiger partial charge in [-0.1, -0.05) is 11.3 Å². The highest BCUT2D eigenvalue weighted by Crippen LogP contribution is 2.40. The first-order chi connectivity index (χ1) is 20.8. The van der Waals surface area contributed by atoms with Gasteiger partial charge in [0.05, 0.1) is 40.2 Å². The fourth-order valence-corrected chi connectivity index (χ4v) is 6.18. The van der Waals surface area contributed by atoms with Gasteiger partial charge in [-0.15, -0.1) is 0 Å². The maximum Gasteiger partial charge on any atom is 0.350 e. The van der Waals surface area contributed by atoms with Crippen LogP contribution in [0.5, 0.6) is 17.2 Å². The molecule has 0 spiro atoms. The third kappa shape index (κ3) is 6.53. The van der Waals surface area contributed by atoms with Crippen molar-refractivity contribution < 1.29 is 28.5 Å². The van der Waals surface area contributed by atoms with Gasteiger partial charge in [0.2, 0.25) is 17.6 Å². The standard InChI is InChI=1S/C29H37N7O6S/c1-6-42-27(38)24-17(2)31-29(43-24)34-28-32-25-19(26(33-28)36-12-10-30-22(37)16-36)9-7-8-11-35(25)15-18-13-20(39-3)23(41-5)21(14-18)40-4/h13-14H,6-12,15-16H2,1-5H3,(H,30,37)(H,31,32,33,34). The minimum Gasteiger partial charge on any atom is -0.493 e. The van der Waals surface area contributed by atoms with Gasteiger partial charge in [0.15, 0.2) is 16.6 Å². The number of hydrogen-bond donors (Lipinski definition) is 2. The van der Waals surface area contributed by atoms with Crippen molar-refractivity contribution in [2.45, 2.75) is 39.7 Å². The lowest BCUT2D eigenvalue weighted by Gasteiger charge is -2.31. The zero-order valence-electron chi connectivity index (χ0n) is 25.1. The Bertz CT molecular complexity index is 1470. The summed E-state index contributed by atoms with van der Waals surface area (Å²) in [5.74, 6) is 3.06. The second-order valence-corrected chi connectivity index (χ2v) is 11.1. The molecule has 2 aliphatic rings. The van der Waals surface area contributed by atoms with Crippen LogP contribution in [0.25, 0.3) is 0 Å². The van der Waals surface area contributed by atoms with Crippen LogP contribution in [0.4, 0.5) is 22.7 Å². The number of fused-ring (bicyclic) bond motifs is 1. The van der Waals surface area contributed by atoms with Crippen LogP contribution in [0, 0.1) is 6.92 Å². The highest BCUT2D eigenvalue weighted by Gasteiger charge is 2.28. The molecule has 1 saturated heterocycles. The molecular formula is C29H37N7O6S. The number of ether oxygens (including phenoxy) is 4. The molecule has 13 nitrogen and oxygen atoms in total. The normalized spacial score (nSPS) is 14.9. The number of benzene rings is 1. The molecule has 0 saturated carbocycles. The van der Waals surface area contributed by atoms with Crippen molar-refractivity contribution in [3.63, 3.8) is 0 Å². The largest absolute Gasteiger partial charge is 0.493 e. The Morgan fingerprint density at radius 3 is 2.47 bits per heavy atom. The van der Waals surface area contributed by atoms with Crippen molar-refractivity contribution in [1.82, 2.24) is 20.3 Å². The van der Waals surface area contributed by atoms with E-state index >= 15 is 0 Å². The number of amides is 1. The van der Waals surface area contributed by atoms with Crippen LogP contribution in [0.1, 0.15) is 46.3 Å². The fraction of sp³-hybridized carbons (Fsp3) is 0.483. The quantitative estimate of drug-likeness (QED) is 0.325. The molecule has 4 heterocycles. The SMILES string of the molecule is CCOC(=O)c1sc(Nc2nc(N3CCNC(=O)C3)c3c(n2)N(Cc2cc(OC)c(OC)c(OC)c2)CCCC3)nc1C. The van der Waals surface area contributed by atoms with Gasteiger partial charge in [-0.3, -0.25) is 10.1 Å². The second-order valence-electron chi connectivity index (χ2n) is 10.1. The number of aryl methyl sites for hydroxylation is 1. The summed E-state index contributed by atoms with van der Waals surface area (Å²) in [7, 11) is 4.78. The summed E-state index contributed by atoms with van der Waals surface area (Å²) in [6.07, 6.45) is 2.69. The number of nitrogens with one attached hydrogen (secondary N) is 2. The van der Waals surface area contributed by atoms with Crippen LogP contribution in [0.2, 0.25) is 0 Å². The van der Waals surface area contributed by atoms with E-state index in [0.29, 0.717) is 58.5 Å². The first-order valence-corrected chi connectivity index (χ1v) is 15.0. The van der Waals surface area contributed by atoms with Gasteiger partial charge in [-0.2, -0.15) is 9.97 Å². The highest BCUT2D eigenvalue weighted by atomic mass is 32.1. The Kier molecular flexibility index (Phi) is 9.34. The number of esters is 1. The molecule has 0 radical (unpaired) electrons. The maximum atomic E-state index is 12.4. The summed E-state index contributed by atoms with van der Waals surface area (Å²) in [5.41, 5.74) is 2.52. The van der Waals surface area contributed by atoms with Gasteiger partial charge >= 0.3 is 5.97 Å². The summed E-state index contributed by atoms with van der Waals surface area (Å²) < 4.78 is 21.9. The predicted molar refractivity (Wildman–Crippen MR) is 163 cm³/mol. The predicted octanol–water partition coefficient (Wildman–Crippen LogP) is 3.47. The summed E-state index contributed by atoms with van der Waals surface area (Å²) in [4.78, 5) is 43.9. The molecule has 0 atom stereocenters. The van der Waals surface area contributed by atoms with Crippen LogP contribution in [-0.4, -0.2) is 80.9 Å². The van der Waals surface area contributed by atoms with Gasteiger partial charge in [-0.25, -0.2) is 9.78 Å². The van der Waals surface area contributed by atoms with Crippen LogP contribution in [0.3, 0.4) is 0 Å². The first-order valence-electron chi connectivity index (χ1n) is 14.2. The lowest BCUT2D eigenvalue weighted by Crippen LogP contribution is -2.48. The zero-order valence-corrected chi connectivity index (χ0v) is 25.9. The summed E-state index contributed by atoms with van der Waals surface area (Å²) in [5, 5.41) is 6.60. The van der Waals surface area contributed by atoms with Gasteiger partial charge < -0.3 is 34.1 Å². The summed E-state index contributed by atoms with van der Waals surface area (Å²) in [6.45, 7) is 6.48. The minimum atomic E-state index is -0.412. The molecule has 0 bridgehead atoms. The minimum absolute atomic E-state index is 0.0503. The lowest BCUT2D eigenvalue weighted by molar-refractivity contribution is -0.120. The molecule has 0 unspecified atom stereocenters. The molecule has 3 aromatic rings. The third-order valence-electron chi connectivity index (χ3n) is 7.28. The smallest absolute Gasteiger partial charge is 0.350 e. The van der Waals surface area contributed by atoms with Crippen LogP contribution in [0.15, 0.2) is 12.1 Å². The number of piperazine rings is 1. The van der Waals surface area contributed by atoms with Crippen molar-refractivity contribution in [3.05, 3.63) is 33.8 Å². The number of nitrogens with zero attached hydrogens (tertiary/aromatic N) is 5.